The van der Waals surface area contributed by atoms with E-state index in [-0.39, 0.29) is 5.75 Å². The Balaban J connectivity index is 2.59. The summed E-state index contributed by atoms with van der Waals surface area (Å²) in [6.45, 7) is 5.87. The molecule has 0 spiro atoms. The summed E-state index contributed by atoms with van der Waals surface area (Å²) in [4.78, 5) is 0. The third kappa shape index (κ3) is 6.14. The van der Waals surface area contributed by atoms with Gasteiger partial charge in [0.05, 0.1) is 19.0 Å². The number of ether oxygens (including phenoxy) is 3. The fourth-order valence-corrected chi connectivity index (χ4v) is 1.52. The van der Waals surface area contributed by atoms with Crippen molar-refractivity contribution in [1.29, 1.82) is 0 Å². The maximum Gasteiger partial charge on any atom is 0.164 e. The molecule has 1 aromatic carbocycles. The SMILES string of the molecule is CCCOCCOc1ccc(OB([O-])[O-])cc1OCC. The van der Waals surface area contributed by atoms with E-state index in [0.29, 0.717) is 37.9 Å². The number of hydrogen-bond acceptors (Lipinski definition) is 6. The average Bonchev–Trinajstić information content (AvgIpc) is 2.40. The predicted molar refractivity (Wildman–Crippen MR) is 70.6 cm³/mol. The van der Waals surface area contributed by atoms with E-state index in [1.807, 2.05) is 13.8 Å². The Morgan fingerprint density at radius 3 is 2.45 bits per heavy atom. The molecule has 0 radical (unpaired) electrons. The van der Waals surface area contributed by atoms with Crippen LogP contribution in [0.15, 0.2) is 18.2 Å². The van der Waals surface area contributed by atoms with Crippen LogP contribution < -0.4 is 24.2 Å². The summed E-state index contributed by atoms with van der Waals surface area (Å²) < 4.78 is 20.8. The fourth-order valence-electron chi connectivity index (χ4n) is 1.52. The van der Waals surface area contributed by atoms with Gasteiger partial charge in [-0.1, -0.05) is 6.92 Å². The lowest BCUT2D eigenvalue weighted by molar-refractivity contribution is -0.372. The van der Waals surface area contributed by atoms with Gasteiger partial charge in [0.1, 0.15) is 13.9 Å². The van der Waals surface area contributed by atoms with Gasteiger partial charge in [0.15, 0.2) is 11.5 Å². The van der Waals surface area contributed by atoms with Crippen LogP contribution in [-0.2, 0) is 4.74 Å². The van der Waals surface area contributed by atoms with E-state index in [2.05, 4.69) is 4.65 Å². The molecule has 20 heavy (non-hydrogen) atoms. The van der Waals surface area contributed by atoms with E-state index in [9.17, 15) is 10.0 Å². The molecule has 0 N–H and O–H groups in total. The van der Waals surface area contributed by atoms with E-state index >= 15 is 0 Å². The molecule has 1 rings (SSSR count). The fraction of sp³-hybridized carbons (Fsp3) is 0.538. The van der Waals surface area contributed by atoms with Crippen molar-refractivity contribution in [2.45, 2.75) is 20.3 Å². The topological polar surface area (TPSA) is 83.0 Å². The van der Waals surface area contributed by atoms with Crippen LogP contribution >= 0.6 is 0 Å². The molecule has 0 aliphatic carbocycles. The van der Waals surface area contributed by atoms with Crippen LogP contribution in [0.2, 0.25) is 0 Å². The highest BCUT2D eigenvalue weighted by Gasteiger charge is 2.06. The molecule has 0 saturated carbocycles. The Kier molecular flexibility index (Phi) is 7.87. The molecule has 0 fully saturated rings. The monoisotopic (exact) mass is 282 g/mol. The number of benzene rings is 1. The van der Waals surface area contributed by atoms with Gasteiger partial charge in [0.2, 0.25) is 0 Å². The second-order valence-corrected chi connectivity index (χ2v) is 3.91. The first-order valence-corrected chi connectivity index (χ1v) is 6.63. The first kappa shape index (κ1) is 16.6. The maximum absolute atomic E-state index is 10.5. The molecule has 0 saturated heterocycles. The second-order valence-electron chi connectivity index (χ2n) is 3.91. The van der Waals surface area contributed by atoms with Crippen LogP contribution in [-0.4, -0.2) is 33.7 Å². The van der Waals surface area contributed by atoms with Crippen LogP contribution in [0.3, 0.4) is 0 Å². The molecule has 0 aromatic heterocycles. The molecule has 0 heterocycles. The van der Waals surface area contributed by atoms with Crippen molar-refractivity contribution in [2.24, 2.45) is 0 Å². The smallest absolute Gasteiger partial charge is 0.164 e. The van der Waals surface area contributed by atoms with Gasteiger partial charge in [0, 0.05) is 12.7 Å². The highest BCUT2D eigenvalue weighted by atomic mass is 16.6. The van der Waals surface area contributed by atoms with Crippen molar-refractivity contribution >= 4 is 7.32 Å². The van der Waals surface area contributed by atoms with Gasteiger partial charge < -0.3 is 28.9 Å². The zero-order valence-electron chi connectivity index (χ0n) is 11.8. The maximum atomic E-state index is 10.5. The third-order valence-electron chi connectivity index (χ3n) is 2.28. The van der Waals surface area contributed by atoms with Crippen LogP contribution in [0.1, 0.15) is 20.3 Å². The molecule has 0 aliphatic rings. The van der Waals surface area contributed by atoms with Crippen molar-refractivity contribution < 1.29 is 28.9 Å². The molecular weight excluding hydrogens is 263 g/mol. The molecule has 6 nitrogen and oxygen atoms in total. The Hall–Kier alpha value is -1.44. The van der Waals surface area contributed by atoms with Gasteiger partial charge >= 0.3 is 0 Å². The van der Waals surface area contributed by atoms with E-state index in [4.69, 9.17) is 14.2 Å². The van der Waals surface area contributed by atoms with Gasteiger partial charge in [0.25, 0.3) is 0 Å². The van der Waals surface area contributed by atoms with E-state index in [1.54, 1.807) is 6.07 Å². The Morgan fingerprint density at radius 1 is 1.00 bits per heavy atom. The molecule has 0 amide bonds. The minimum atomic E-state index is -2.36. The summed E-state index contributed by atoms with van der Waals surface area (Å²) in [5.41, 5.74) is 0. The van der Waals surface area contributed by atoms with Gasteiger partial charge in [-0.25, -0.2) is 0 Å². The Bertz CT molecular complexity index is 385. The molecule has 0 unspecified atom stereocenters. The molecule has 7 heteroatoms. The van der Waals surface area contributed by atoms with Crippen molar-refractivity contribution in [2.75, 3.05) is 26.4 Å². The Labute approximate surface area is 119 Å². The van der Waals surface area contributed by atoms with Crippen LogP contribution in [0.5, 0.6) is 17.2 Å². The lowest BCUT2D eigenvalue weighted by atomic mass is 10.2. The lowest BCUT2D eigenvalue weighted by Crippen LogP contribution is -2.50. The molecule has 112 valence electrons. The van der Waals surface area contributed by atoms with Crippen LogP contribution in [0, 0.1) is 0 Å². The summed E-state index contributed by atoms with van der Waals surface area (Å²) in [5.74, 6) is 1.12. The molecular formula is C13H19BO6-2. The second kappa shape index (κ2) is 9.47. The van der Waals surface area contributed by atoms with E-state index in [1.165, 1.54) is 12.1 Å². The molecule has 0 atom stereocenters. The highest BCUT2D eigenvalue weighted by molar-refractivity contribution is 6.29. The number of rotatable bonds is 10. The van der Waals surface area contributed by atoms with Crippen molar-refractivity contribution in [3.8, 4) is 17.2 Å². The molecule has 0 bridgehead atoms. The zero-order chi connectivity index (χ0) is 14.8. The zero-order valence-corrected chi connectivity index (χ0v) is 11.8. The first-order valence-electron chi connectivity index (χ1n) is 6.63. The summed E-state index contributed by atoms with van der Waals surface area (Å²) in [5, 5.41) is 20.9. The quantitative estimate of drug-likeness (QED) is 0.443. The van der Waals surface area contributed by atoms with E-state index < -0.39 is 7.32 Å². The lowest BCUT2D eigenvalue weighted by Gasteiger charge is -2.27. The summed E-state index contributed by atoms with van der Waals surface area (Å²) >= 11 is 0. The average molecular weight is 282 g/mol. The first-order chi connectivity index (χ1) is 9.67. The van der Waals surface area contributed by atoms with Crippen molar-refractivity contribution in [1.82, 2.24) is 0 Å². The summed E-state index contributed by atoms with van der Waals surface area (Å²) in [6.07, 6.45) is 0.960. The number of hydrogen-bond donors (Lipinski definition) is 0. The van der Waals surface area contributed by atoms with Crippen molar-refractivity contribution in [3.05, 3.63) is 18.2 Å². The van der Waals surface area contributed by atoms with Gasteiger partial charge in [-0.15, -0.1) is 0 Å². The summed E-state index contributed by atoms with van der Waals surface area (Å²) in [6, 6.07) is 4.56. The van der Waals surface area contributed by atoms with Gasteiger partial charge in [-0.2, -0.15) is 0 Å². The van der Waals surface area contributed by atoms with Crippen LogP contribution in [0.4, 0.5) is 0 Å². The predicted octanol–water partition coefficient (Wildman–Crippen LogP) is -0.0250. The normalized spacial score (nSPS) is 10.2. The third-order valence-corrected chi connectivity index (χ3v) is 2.28. The largest absolute Gasteiger partial charge is 0.860 e. The summed E-state index contributed by atoms with van der Waals surface area (Å²) in [7, 11) is -2.36. The highest BCUT2D eigenvalue weighted by Crippen LogP contribution is 2.31. The van der Waals surface area contributed by atoms with Crippen molar-refractivity contribution in [3.63, 3.8) is 0 Å². The van der Waals surface area contributed by atoms with Crippen LogP contribution in [0.25, 0.3) is 0 Å². The standard InChI is InChI=1S/C13H19BO6/c1-3-7-17-8-9-19-12-6-5-11(20-14(15)16)10-13(12)18-4-2/h5-6,10H,3-4,7-9H2,1-2H3/q-2. The minimum absolute atomic E-state index is 0.165. The molecule has 0 aliphatic heterocycles. The van der Waals surface area contributed by atoms with Gasteiger partial charge in [-0.3, -0.25) is 0 Å². The van der Waals surface area contributed by atoms with E-state index in [0.717, 1.165) is 6.42 Å². The molecule has 1 aromatic rings. The Morgan fingerprint density at radius 2 is 1.80 bits per heavy atom. The van der Waals surface area contributed by atoms with Gasteiger partial charge in [-0.05, 0) is 25.5 Å². The minimum Gasteiger partial charge on any atom is -0.860 e.